The summed E-state index contributed by atoms with van der Waals surface area (Å²) in [5, 5.41) is 0. The maximum absolute atomic E-state index is 13.4. The summed E-state index contributed by atoms with van der Waals surface area (Å²) in [6.07, 6.45) is 3.39. The van der Waals surface area contributed by atoms with E-state index >= 15 is 0 Å². The lowest BCUT2D eigenvalue weighted by Gasteiger charge is -2.47. The second-order valence-electron chi connectivity index (χ2n) is 7.53. The molecule has 0 saturated carbocycles. The molecule has 2 aliphatic carbocycles. The van der Waals surface area contributed by atoms with Crippen LogP contribution in [-0.2, 0) is 9.22 Å². The topological polar surface area (TPSA) is 60.4 Å². The van der Waals surface area contributed by atoms with Crippen LogP contribution in [0.5, 0.6) is 0 Å². The first-order chi connectivity index (χ1) is 11.2. The Balaban J connectivity index is 2.24. The van der Waals surface area contributed by atoms with E-state index in [1.54, 1.807) is 30.3 Å². The van der Waals surface area contributed by atoms with Gasteiger partial charge in [0.2, 0.25) is 0 Å². The SMILES string of the molecule is CC(=O)[C@]12C(=O)c3ccccc3C(=O)[C@H]1CC=C[C@H]2O[Si](C)(C)C. The quantitative estimate of drug-likeness (QED) is 0.480. The minimum atomic E-state index is -2.02. The summed E-state index contributed by atoms with van der Waals surface area (Å²) in [7, 11) is -2.02. The van der Waals surface area contributed by atoms with Crippen molar-refractivity contribution in [3.63, 3.8) is 0 Å². The average Bonchev–Trinajstić information content (AvgIpc) is 2.50. The van der Waals surface area contributed by atoms with E-state index in [1.165, 1.54) is 6.92 Å². The highest BCUT2D eigenvalue weighted by atomic mass is 28.4. The minimum Gasteiger partial charge on any atom is -0.410 e. The molecule has 5 heteroatoms. The molecule has 126 valence electrons. The van der Waals surface area contributed by atoms with E-state index in [2.05, 4.69) is 0 Å². The van der Waals surface area contributed by atoms with Gasteiger partial charge in [0, 0.05) is 17.0 Å². The zero-order valence-corrected chi connectivity index (χ0v) is 15.5. The Bertz CT molecular complexity index is 759. The molecule has 0 saturated heterocycles. The van der Waals surface area contributed by atoms with Gasteiger partial charge in [0.25, 0.3) is 0 Å². The van der Waals surface area contributed by atoms with Gasteiger partial charge in [-0.1, -0.05) is 36.4 Å². The summed E-state index contributed by atoms with van der Waals surface area (Å²) >= 11 is 0. The third kappa shape index (κ3) is 2.34. The van der Waals surface area contributed by atoms with Gasteiger partial charge in [0.05, 0.1) is 6.10 Å². The van der Waals surface area contributed by atoms with Crippen molar-refractivity contribution in [1.82, 2.24) is 0 Å². The van der Waals surface area contributed by atoms with Crippen LogP contribution in [0.4, 0.5) is 0 Å². The summed E-state index contributed by atoms with van der Waals surface area (Å²) < 4.78 is 6.20. The Labute approximate surface area is 143 Å². The van der Waals surface area contributed by atoms with Crippen LogP contribution in [-0.4, -0.2) is 31.8 Å². The van der Waals surface area contributed by atoms with E-state index in [-0.39, 0.29) is 17.3 Å². The molecule has 0 amide bonds. The fourth-order valence-corrected chi connectivity index (χ4v) is 4.93. The van der Waals surface area contributed by atoms with Crippen molar-refractivity contribution in [2.75, 3.05) is 0 Å². The van der Waals surface area contributed by atoms with Crippen molar-refractivity contribution < 1.29 is 18.8 Å². The molecule has 3 atom stereocenters. The number of benzene rings is 1. The van der Waals surface area contributed by atoms with Crippen LogP contribution < -0.4 is 0 Å². The summed E-state index contributed by atoms with van der Waals surface area (Å²) in [4.78, 5) is 39.2. The molecule has 3 rings (SSSR count). The molecule has 0 unspecified atom stereocenters. The molecule has 0 fully saturated rings. The lowest BCUT2D eigenvalue weighted by atomic mass is 9.55. The first-order valence-corrected chi connectivity index (χ1v) is 11.6. The predicted octanol–water partition coefficient (Wildman–Crippen LogP) is 3.44. The molecule has 0 N–H and O–H groups in total. The second-order valence-corrected chi connectivity index (χ2v) is 12.0. The highest BCUT2D eigenvalue weighted by Crippen LogP contribution is 2.49. The Morgan fingerprint density at radius 2 is 1.79 bits per heavy atom. The van der Waals surface area contributed by atoms with Gasteiger partial charge in [-0.15, -0.1) is 0 Å². The van der Waals surface area contributed by atoms with Gasteiger partial charge >= 0.3 is 0 Å². The summed E-state index contributed by atoms with van der Waals surface area (Å²) in [6.45, 7) is 7.45. The van der Waals surface area contributed by atoms with Crippen molar-refractivity contribution in [2.45, 2.75) is 39.1 Å². The van der Waals surface area contributed by atoms with Crippen molar-refractivity contribution in [2.24, 2.45) is 11.3 Å². The van der Waals surface area contributed by atoms with Gasteiger partial charge in [-0.2, -0.15) is 0 Å². The molecule has 0 radical (unpaired) electrons. The molecule has 0 aliphatic heterocycles. The smallest absolute Gasteiger partial charge is 0.184 e. The van der Waals surface area contributed by atoms with Crippen LogP contribution in [0, 0.1) is 11.3 Å². The van der Waals surface area contributed by atoms with Crippen LogP contribution in [0.25, 0.3) is 0 Å². The summed E-state index contributed by atoms with van der Waals surface area (Å²) in [5.41, 5.74) is -0.666. The molecule has 4 nitrogen and oxygen atoms in total. The zero-order chi connectivity index (χ0) is 17.7. The number of fused-ring (bicyclic) bond motifs is 2. The van der Waals surface area contributed by atoms with Crippen LogP contribution in [0.2, 0.25) is 19.6 Å². The first kappa shape index (κ1) is 17.0. The van der Waals surface area contributed by atoms with Crippen LogP contribution in [0.15, 0.2) is 36.4 Å². The highest BCUT2D eigenvalue weighted by molar-refractivity contribution is 6.69. The standard InChI is InChI=1S/C19H22O4Si/c1-12(20)19-15(10-7-11-16(19)23-24(2,3)4)17(21)13-8-5-6-9-14(13)18(19)22/h5-9,11,15-16H,10H2,1-4H3/t15-,16-,19+/m1/s1. The number of hydrogen-bond acceptors (Lipinski definition) is 4. The van der Waals surface area contributed by atoms with Crippen LogP contribution >= 0.6 is 0 Å². The maximum Gasteiger partial charge on any atom is 0.184 e. The number of ketones is 3. The molecule has 0 aromatic heterocycles. The van der Waals surface area contributed by atoms with Gasteiger partial charge < -0.3 is 4.43 Å². The summed E-state index contributed by atoms with van der Waals surface area (Å²) in [6, 6.07) is 6.79. The lowest BCUT2D eigenvalue weighted by molar-refractivity contribution is -0.130. The van der Waals surface area contributed by atoms with Gasteiger partial charge in [-0.05, 0) is 33.0 Å². The van der Waals surface area contributed by atoms with Gasteiger partial charge in [-0.3, -0.25) is 14.4 Å². The van der Waals surface area contributed by atoms with Crippen molar-refractivity contribution in [3.05, 3.63) is 47.5 Å². The van der Waals surface area contributed by atoms with E-state index in [0.717, 1.165) is 0 Å². The number of allylic oxidation sites excluding steroid dienone is 1. The molecule has 0 heterocycles. The Kier molecular flexibility index (Phi) is 3.96. The molecule has 0 bridgehead atoms. The fraction of sp³-hybridized carbons (Fsp3) is 0.421. The predicted molar refractivity (Wildman–Crippen MR) is 93.7 cm³/mol. The normalized spacial score (nSPS) is 29.2. The van der Waals surface area contributed by atoms with E-state index < -0.39 is 25.8 Å². The largest absolute Gasteiger partial charge is 0.410 e. The number of rotatable bonds is 3. The summed E-state index contributed by atoms with van der Waals surface area (Å²) in [5.74, 6) is -1.37. The molecular formula is C19H22O4Si. The van der Waals surface area contributed by atoms with E-state index in [4.69, 9.17) is 4.43 Å². The first-order valence-electron chi connectivity index (χ1n) is 8.23. The van der Waals surface area contributed by atoms with E-state index in [9.17, 15) is 14.4 Å². The molecule has 1 aromatic carbocycles. The second kappa shape index (κ2) is 5.60. The molecular weight excluding hydrogens is 320 g/mol. The highest BCUT2D eigenvalue weighted by Gasteiger charge is 2.62. The van der Waals surface area contributed by atoms with Crippen molar-refractivity contribution in [3.8, 4) is 0 Å². The van der Waals surface area contributed by atoms with E-state index in [1.807, 2.05) is 25.7 Å². The van der Waals surface area contributed by atoms with Gasteiger partial charge in [0.1, 0.15) is 11.2 Å². The number of hydrogen-bond donors (Lipinski definition) is 0. The maximum atomic E-state index is 13.4. The van der Waals surface area contributed by atoms with Crippen LogP contribution in [0.3, 0.4) is 0 Å². The van der Waals surface area contributed by atoms with Gasteiger partial charge in [-0.25, -0.2) is 0 Å². The average molecular weight is 342 g/mol. The Morgan fingerprint density at radius 1 is 1.17 bits per heavy atom. The minimum absolute atomic E-state index is 0.131. The molecule has 2 aliphatic rings. The fourth-order valence-electron chi connectivity index (χ4n) is 3.90. The monoisotopic (exact) mass is 342 g/mol. The third-order valence-corrected chi connectivity index (χ3v) is 5.83. The van der Waals surface area contributed by atoms with Gasteiger partial charge in [0.15, 0.2) is 19.9 Å². The lowest BCUT2D eigenvalue weighted by Crippen LogP contribution is -2.61. The number of Topliss-reactive ketones (excluding diaryl/α,β-unsaturated/α-hetero) is 3. The number of carbonyl (C=O) groups is 3. The molecule has 1 aromatic rings. The third-order valence-electron chi connectivity index (χ3n) is 4.87. The Morgan fingerprint density at radius 3 is 2.38 bits per heavy atom. The van der Waals surface area contributed by atoms with Crippen LogP contribution in [0.1, 0.15) is 34.1 Å². The van der Waals surface area contributed by atoms with Crippen molar-refractivity contribution >= 4 is 25.7 Å². The van der Waals surface area contributed by atoms with Crippen molar-refractivity contribution in [1.29, 1.82) is 0 Å². The zero-order valence-electron chi connectivity index (χ0n) is 14.5. The molecule has 24 heavy (non-hydrogen) atoms. The van der Waals surface area contributed by atoms with E-state index in [0.29, 0.717) is 17.5 Å². The number of carbonyl (C=O) groups excluding carboxylic acids is 3. The molecule has 0 spiro atoms. The Hall–Kier alpha value is -1.85.